The second-order valence-electron chi connectivity index (χ2n) is 2.92. The predicted molar refractivity (Wildman–Crippen MR) is 36.8 cm³/mol. The Morgan fingerprint density at radius 1 is 1.67 bits per heavy atom. The first-order valence-corrected chi connectivity index (χ1v) is 3.37. The van der Waals surface area contributed by atoms with Crippen LogP contribution < -0.4 is 0 Å². The number of rotatable bonds is 1. The molecule has 0 heterocycles. The summed E-state index contributed by atoms with van der Waals surface area (Å²) in [6, 6.07) is 0. The van der Waals surface area contributed by atoms with Crippen LogP contribution in [0.15, 0.2) is 0 Å². The van der Waals surface area contributed by atoms with Crippen LogP contribution in [0, 0.1) is 18.3 Å². The highest BCUT2D eigenvalue weighted by Gasteiger charge is 2.33. The van der Waals surface area contributed by atoms with Crippen molar-refractivity contribution in [3.8, 4) is 12.3 Å². The zero-order chi connectivity index (χ0) is 6.91. The van der Waals surface area contributed by atoms with Gasteiger partial charge in [0.15, 0.2) is 0 Å². The minimum atomic E-state index is -0.835. The third-order valence-electron chi connectivity index (χ3n) is 2.19. The van der Waals surface area contributed by atoms with Gasteiger partial charge in [0.2, 0.25) is 0 Å². The molecule has 0 amide bonds. The molecular formula is C8H12O. The van der Waals surface area contributed by atoms with Gasteiger partial charge >= 0.3 is 0 Å². The van der Waals surface area contributed by atoms with Gasteiger partial charge in [0.1, 0.15) is 5.60 Å². The highest BCUT2D eigenvalue weighted by atomic mass is 16.3. The van der Waals surface area contributed by atoms with Crippen LogP contribution in [-0.2, 0) is 0 Å². The summed E-state index contributed by atoms with van der Waals surface area (Å²) >= 11 is 0. The molecule has 0 aliphatic heterocycles. The number of terminal acetylenes is 1. The van der Waals surface area contributed by atoms with Gasteiger partial charge in [0, 0.05) is 0 Å². The standard InChI is InChI=1S/C8H12O/c1-3-8(2,9)7-5-4-6-7/h1,7,9H,4-6H2,2H3/t8-/m1/s1. The van der Waals surface area contributed by atoms with E-state index in [9.17, 15) is 5.11 Å². The van der Waals surface area contributed by atoms with E-state index < -0.39 is 5.60 Å². The molecule has 0 bridgehead atoms. The maximum atomic E-state index is 9.41. The van der Waals surface area contributed by atoms with Gasteiger partial charge in [-0.1, -0.05) is 12.3 Å². The smallest absolute Gasteiger partial charge is 0.125 e. The molecular weight excluding hydrogens is 112 g/mol. The molecule has 9 heavy (non-hydrogen) atoms. The van der Waals surface area contributed by atoms with Gasteiger partial charge in [-0.2, -0.15) is 0 Å². The van der Waals surface area contributed by atoms with Crippen molar-refractivity contribution in [3.63, 3.8) is 0 Å². The number of hydrogen-bond acceptors (Lipinski definition) is 1. The van der Waals surface area contributed by atoms with Crippen LogP contribution in [0.5, 0.6) is 0 Å². The van der Waals surface area contributed by atoms with E-state index in [4.69, 9.17) is 6.42 Å². The molecule has 0 aromatic rings. The first-order chi connectivity index (χ1) is 4.17. The summed E-state index contributed by atoms with van der Waals surface area (Å²) in [4.78, 5) is 0. The first-order valence-electron chi connectivity index (χ1n) is 3.37. The van der Waals surface area contributed by atoms with E-state index in [0.29, 0.717) is 5.92 Å². The fourth-order valence-electron chi connectivity index (χ4n) is 1.09. The van der Waals surface area contributed by atoms with Crippen LogP contribution in [0.25, 0.3) is 0 Å². The van der Waals surface area contributed by atoms with Gasteiger partial charge in [0.25, 0.3) is 0 Å². The molecule has 50 valence electrons. The fourth-order valence-corrected chi connectivity index (χ4v) is 1.09. The first kappa shape index (κ1) is 6.64. The molecule has 1 heteroatoms. The van der Waals surface area contributed by atoms with Gasteiger partial charge in [0.05, 0.1) is 0 Å². The molecule has 0 unspecified atom stereocenters. The average molecular weight is 124 g/mol. The third kappa shape index (κ3) is 1.09. The Balaban J connectivity index is 2.50. The second kappa shape index (κ2) is 2.04. The molecule has 0 saturated heterocycles. The molecule has 0 spiro atoms. The van der Waals surface area contributed by atoms with Crippen LogP contribution in [0.3, 0.4) is 0 Å². The Labute approximate surface area is 56.1 Å². The average Bonchev–Trinajstić information content (AvgIpc) is 1.60. The van der Waals surface area contributed by atoms with Crippen LogP contribution in [-0.4, -0.2) is 10.7 Å². The normalized spacial score (nSPS) is 25.9. The van der Waals surface area contributed by atoms with E-state index in [0.717, 1.165) is 12.8 Å². The Morgan fingerprint density at radius 2 is 2.22 bits per heavy atom. The van der Waals surface area contributed by atoms with E-state index in [2.05, 4.69) is 5.92 Å². The van der Waals surface area contributed by atoms with Gasteiger partial charge in [-0.3, -0.25) is 0 Å². The predicted octanol–water partition coefficient (Wildman–Crippen LogP) is 1.17. The molecule has 1 saturated carbocycles. The summed E-state index contributed by atoms with van der Waals surface area (Å²) in [6.45, 7) is 1.72. The summed E-state index contributed by atoms with van der Waals surface area (Å²) in [5.41, 5.74) is -0.835. The quantitative estimate of drug-likeness (QED) is 0.520. The largest absolute Gasteiger partial charge is 0.378 e. The molecule has 1 fully saturated rings. The van der Waals surface area contributed by atoms with Crippen molar-refractivity contribution in [2.45, 2.75) is 31.8 Å². The SMILES string of the molecule is C#C[C@@](C)(O)C1CCC1. The molecule has 1 nitrogen and oxygen atoms in total. The lowest BCUT2D eigenvalue weighted by atomic mass is 9.74. The summed E-state index contributed by atoms with van der Waals surface area (Å²) in [7, 11) is 0. The zero-order valence-electron chi connectivity index (χ0n) is 5.72. The lowest BCUT2D eigenvalue weighted by molar-refractivity contribution is 0.0164. The van der Waals surface area contributed by atoms with Gasteiger partial charge in [-0.25, -0.2) is 0 Å². The van der Waals surface area contributed by atoms with Gasteiger partial charge in [-0.15, -0.1) is 6.42 Å². The topological polar surface area (TPSA) is 20.2 Å². The highest BCUT2D eigenvalue weighted by molar-refractivity contribution is 5.09. The van der Waals surface area contributed by atoms with Crippen LogP contribution >= 0.6 is 0 Å². The Morgan fingerprint density at radius 3 is 2.33 bits per heavy atom. The van der Waals surface area contributed by atoms with Crippen LogP contribution in [0.2, 0.25) is 0 Å². The Hall–Kier alpha value is -0.480. The molecule has 1 rings (SSSR count). The molecule has 0 aromatic carbocycles. The van der Waals surface area contributed by atoms with E-state index in [1.54, 1.807) is 6.92 Å². The zero-order valence-corrected chi connectivity index (χ0v) is 5.72. The molecule has 1 aliphatic carbocycles. The minimum Gasteiger partial charge on any atom is -0.378 e. The van der Waals surface area contributed by atoms with Crippen molar-refractivity contribution >= 4 is 0 Å². The van der Waals surface area contributed by atoms with Gasteiger partial charge < -0.3 is 5.11 Å². The lowest BCUT2D eigenvalue weighted by Gasteiger charge is -2.34. The Bertz CT molecular complexity index is 137. The summed E-state index contributed by atoms with van der Waals surface area (Å²) in [5.74, 6) is 2.76. The van der Waals surface area contributed by atoms with Crippen molar-refractivity contribution in [1.82, 2.24) is 0 Å². The summed E-state index contributed by atoms with van der Waals surface area (Å²) < 4.78 is 0. The van der Waals surface area contributed by atoms with Gasteiger partial charge in [-0.05, 0) is 25.7 Å². The molecule has 1 N–H and O–H groups in total. The molecule has 0 aromatic heterocycles. The maximum absolute atomic E-state index is 9.41. The number of hydrogen-bond donors (Lipinski definition) is 1. The van der Waals surface area contributed by atoms with Crippen molar-refractivity contribution in [2.75, 3.05) is 0 Å². The Kier molecular flexibility index (Phi) is 1.50. The molecule has 1 aliphatic rings. The van der Waals surface area contributed by atoms with E-state index in [-0.39, 0.29) is 0 Å². The second-order valence-corrected chi connectivity index (χ2v) is 2.92. The minimum absolute atomic E-state index is 0.363. The number of aliphatic hydroxyl groups is 1. The van der Waals surface area contributed by atoms with Crippen LogP contribution in [0.1, 0.15) is 26.2 Å². The van der Waals surface area contributed by atoms with E-state index in [1.807, 2.05) is 0 Å². The highest BCUT2D eigenvalue weighted by Crippen LogP contribution is 2.35. The molecule has 1 atom stereocenters. The van der Waals surface area contributed by atoms with Crippen molar-refractivity contribution < 1.29 is 5.11 Å². The third-order valence-corrected chi connectivity index (χ3v) is 2.19. The van der Waals surface area contributed by atoms with Crippen molar-refractivity contribution in [2.24, 2.45) is 5.92 Å². The molecule has 0 radical (unpaired) electrons. The summed E-state index contributed by atoms with van der Waals surface area (Å²) in [5, 5.41) is 9.41. The van der Waals surface area contributed by atoms with Crippen molar-refractivity contribution in [3.05, 3.63) is 0 Å². The fraction of sp³-hybridized carbons (Fsp3) is 0.750. The van der Waals surface area contributed by atoms with Crippen LogP contribution in [0.4, 0.5) is 0 Å². The van der Waals surface area contributed by atoms with E-state index >= 15 is 0 Å². The monoisotopic (exact) mass is 124 g/mol. The van der Waals surface area contributed by atoms with Crippen molar-refractivity contribution in [1.29, 1.82) is 0 Å². The maximum Gasteiger partial charge on any atom is 0.125 e. The van der Waals surface area contributed by atoms with E-state index in [1.165, 1.54) is 6.42 Å². The lowest BCUT2D eigenvalue weighted by Crippen LogP contribution is -2.37. The summed E-state index contributed by atoms with van der Waals surface area (Å²) in [6.07, 6.45) is 8.53.